The van der Waals surface area contributed by atoms with E-state index in [1.54, 1.807) is 0 Å². The molecule has 2 aromatic heterocycles. The van der Waals surface area contributed by atoms with Crippen LogP contribution in [0.2, 0.25) is 0 Å². The minimum absolute atomic E-state index is 0.148. The molecule has 0 aliphatic rings. The fourth-order valence-electron chi connectivity index (χ4n) is 2.20. The molecule has 0 saturated heterocycles. The lowest BCUT2D eigenvalue weighted by Gasteiger charge is -2.08. The molecule has 2 heterocycles. The molecule has 0 aliphatic carbocycles. The van der Waals surface area contributed by atoms with Crippen molar-refractivity contribution in [1.29, 1.82) is 0 Å². The number of nitrogens with zero attached hydrogens (tertiary/aromatic N) is 2. The van der Waals surface area contributed by atoms with Crippen molar-refractivity contribution in [2.45, 2.75) is 13.5 Å². The smallest absolute Gasteiger partial charge is 0.181 e. The third-order valence-corrected chi connectivity index (χ3v) is 3.23. The summed E-state index contributed by atoms with van der Waals surface area (Å²) in [6.45, 7) is 2.27. The first-order valence-corrected chi connectivity index (χ1v) is 6.27. The van der Waals surface area contributed by atoms with Crippen molar-refractivity contribution < 1.29 is 8.78 Å². The normalized spacial score (nSPS) is 10.9. The molecule has 0 unspecified atom stereocenters. The number of imidazole rings is 1. The molecule has 3 rings (SSSR count). The summed E-state index contributed by atoms with van der Waals surface area (Å²) in [6, 6.07) is 9.80. The van der Waals surface area contributed by atoms with Crippen LogP contribution in [-0.4, -0.2) is 9.38 Å². The molecular weight excluding hydrogens is 260 g/mol. The van der Waals surface area contributed by atoms with E-state index < -0.39 is 11.6 Å². The second-order valence-corrected chi connectivity index (χ2v) is 4.53. The lowest BCUT2D eigenvalue weighted by Crippen LogP contribution is -2.06. The number of benzene rings is 1. The molecule has 20 heavy (non-hydrogen) atoms. The second kappa shape index (κ2) is 4.92. The van der Waals surface area contributed by atoms with Gasteiger partial charge in [-0.15, -0.1) is 0 Å². The van der Waals surface area contributed by atoms with Gasteiger partial charge in [0.2, 0.25) is 0 Å². The van der Waals surface area contributed by atoms with Crippen molar-refractivity contribution >= 4 is 11.3 Å². The highest BCUT2D eigenvalue weighted by Gasteiger charge is 2.10. The number of halogens is 2. The number of pyridine rings is 1. The third-order valence-electron chi connectivity index (χ3n) is 3.23. The number of hydrogen-bond acceptors (Lipinski definition) is 2. The van der Waals surface area contributed by atoms with Crippen molar-refractivity contribution in [3.05, 3.63) is 65.6 Å². The van der Waals surface area contributed by atoms with Crippen molar-refractivity contribution in [1.82, 2.24) is 9.38 Å². The average Bonchev–Trinajstić information content (AvgIpc) is 2.76. The average molecular weight is 273 g/mol. The Labute approximate surface area is 114 Å². The van der Waals surface area contributed by atoms with Gasteiger partial charge >= 0.3 is 0 Å². The first kappa shape index (κ1) is 12.6. The summed E-state index contributed by atoms with van der Waals surface area (Å²) < 4.78 is 28.7. The van der Waals surface area contributed by atoms with E-state index in [1.807, 2.05) is 35.7 Å². The van der Waals surface area contributed by atoms with Gasteiger partial charge in [0.1, 0.15) is 5.65 Å². The monoisotopic (exact) mass is 273 g/mol. The first-order chi connectivity index (χ1) is 9.66. The minimum atomic E-state index is -0.862. The number of aryl methyl sites for hydroxylation is 1. The van der Waals surface area contributed by atoms with Crippen LogP contribution in [0.25, 0.3) is 5.65 Å². The van der Waals surface area contributed by atoms with Gasteiger partial charge in [-0.05, 0) is 31.2 Å². The maximum atomic E-state index is 13.6. The summed E-state index contributed by atoms with van der Waals surface area (Å²) in [7, 11) is 0. The van der Waals surface area contributed by atoms with Crippen LogP contribution in [0.5, 0.6) is 0 Å². The van der Waals surface area contributed by atoms with Crippen molar-refractivity contribution in [3.8, 4) is 0 Å². The lowest BCUT2D eigenvalue weighted by atomic mass is 10.2. The predicted molar refractivity (Wildman–Crippen MR) is 73.6 cm³/mol. The minimum Gasteiger partial charge on any atom is -0.377 e. The van der Waals surface area contributed by atoms with E-state index in [0.29, 0.717) is 6.54 Å². The molecule has 3 nitrogen and oxygen atoms in total. The van der Waals surface area contributed by atoms with Crippen LogP contribution < -0.4 is 5.32 Å². The summed E-state index contributed by atoms with van der Waals surface area (Å²) in [4.78, 5) is 4.42. The summed E-state index contributed by atoms with van der Waals surface area (Å²) in [6.07, 6.45) is 1.90. The molecular formula is C15H13F2N3. The van der Waals surface area contributed by atoms with Crippen LogP contribution >= 0.6 is 0 Å². The first-order valence-electron chi connectivity index (χ1n) is 6.27. The Bertz CT molecular complexity index is 765. The van der Waals surface area contributed by atoms with Crippen LogP contribution in [0.1, 0.15) is 11.4 Å². The number of nitrogens with one attached hydrogen (secondary N) is 1. The zero-order valence-corrected chi connectivity index (χ0v) is 10.9. The highest BCUT2D eigenvalue weighted by atomic mass is 19.2. The maximum absolute atomic E-state index is 13.6. The largest absolute Gasteiger partial charge is 0.377 e. The lowest BCUT2D eigenvalue weighted by molar-refractivity contribution is 0.511. The topological polar surface area (TPSA) is 29.3 Å². The van der Waals surface area contributed by atoms with Gasteiger partial charge in [-0.1, -0.05) is 12.1 Å². The Morgan fingerprint density at radius 1 is 1.15 bits per heavy atom. The molecule has 0 saturated carbocycles. The van der Waals surface area contributed by atoms with E-state index in [-0.39, 0.29) is 5.69 Å². The van der Waals surface area contributed by atoms with E-state index >= 15 is 0 Å². The van der Waals surface area contributed by atoms with E-state index in [2.05, 4.69) is 10.3 Å². The standard InChI is InChI=1S/C15H13F2N3/c1-10-13(20-8-3-2-7-14(20)19-10)9-18-12-6-4-5-11(16)15(12)17/h2-8,18H,9H2,1H3. The molecule has 102 valence electrons. The van der Waals surface area contributed by atoms with Crippen LogP contribution in [-0.2, 0) is 6.54 Å². The molecule has 1 N–H and O–H groups in total. The zero-order valence-electron chi connectivity index (χ0n) is 10.9. The van der Waals surface area contributed by atoms with Gasteiger partial charge in [-0.25, -0.2) is 13.8 Å². The quantitative estimate of drug-likeness (QED) is 0.791. The van der Waals surface area contributed by atoms with Crippen molar-refractivity contribution in [2.75, 3.05) is 5.32 Å². The van der Waals surface area contributed by atoms with Gasteiger partial charge in [0.05, 0.1) is 23.6 Å². The molecule has 1 aromatic carbocycles. The van der Waals surface area contributed by atoms with Gasteiger partial charge in [0.15, 0.2) is 11.6 Å². The Kier molecular flexibility index (Phi) is 3.10. The molecule has 0 bridgehead atoms. The van der Waals surface area contributed by atoms with E-state index in [4.69, 9.17) is 0 Å². The molecule has 0 atom stereocenters. The zero-order chi connectivity index (χ0) is 14.1. The van der Waals surface area contributed by atoms with Gasteiger partial charge in [0.25, 0.3) is 0 Å². The number of rotatable bonds is 3. The molecule has 5 heteroatoms. The third kappa shape index (κ3) is 2.11. The van der Waals surface area contributed by atoms with E-state index in [0.717, 1.165) is 23.1 Å². The number of aromatic nitrogens is 2. The van der Waals surface area contributed by atoms with Crippen LogP contribution in [0.4, 0.5) is 14.5 Å². The Morgan fingerprint density at radius 2 is 2.00 bits per heavy atom. The summed E-state index contributed by atoms with van der Waals surface area (Å²) >= 11 is 0. The second-order valence-electron chi connectivity index (χ2n) is 4.53. The van der Waals surface area contributed by atoms with E-state index in [1.165, 1.54) is 12.1 Å². The fourth-order valence-corrected chi connectivity index (χ4v) is 2.20. The molecule has 0 radical (unpaired) electrons. The molecule has 0 fully saturated rings. The molecule has 0 aliphatic heterocycles. The summed E-state index contributed by atoms with van der Waals surface area (Å²) in [5.74, 6) is -1.72. The molecule has 3 aromatic rings. The highest BCUT2D eigenvalue weighted by Crippen LogP contribution is 2.19. The van der Waals surface area contributed by atoms with Crippen LogP contribution in [0.3, 0.4) is 0 Å². The molecule has 0 spiro atoms. The summed E-state index contributed by atoms with van der Waals surface area (Å²) in [5, 5.41) is 2.91. The number of hydrogen-bond donors (Lipinski definition) is 1. The number of anilines is 1. The SMILES string of the molecule is Cc1nc2ccccn2c1CNc1cccc(F)c1F. The maximum Gasteiger partial charge on any atom is 0.181 e. The molecule has 0 amide bonds. The van der Waals surface area contributed by atoms with Gasteiger partial charge < -0.3 is 9.72 Å². The van der Waals surface area contributed by atoms with Gasteiger partial charge in [0, 0.05) is 6.20 Å². The van der Waals surface area contributed by atoms with Crippen LogP contribution in [0, 0.1) is 18.6 Å². The Hall–Kier alpha value is -2.43. The fraction of sp³-hybridized carbons (Fsp3) is 0.133. The van der Waals surface area contributed by atoms with Crippen molar-refractivity contribution in [2.24, 2.45) is 0 Å². The van der Waals surface area contributed by atoms with E-state index in [9.17, 15) is 8.78 Å². The Balaban J connectivity index is 1.90. The van der Waals surface area contributed by atoms with Gasteiger partial charge in [-0.3, -0.25) is 0 Å². The highest BCUT2D eigenvalue weighted by molar-refractivity contribution is 5.47. The number of fused-ring (bicyclic) bond motifs is 1. The van der Waals surface area contributed by atoms with Crippen LogP contribution in [0.15, 0.2) is 42.6 Å². The summed E-state index contributed by atoms with van der Waals surface area (Å²) in [5.41, 5.74) is 2.77. The van der Waals surface area contributed by atoms with Gasteiger partial charge in [-0.2, -0.15) is 0 Å². The predicted octanol–water partition coefficient (Wildman–Crippen LogP) is 3.53. The Morgan fingerprint density at radius 3 is 2.85 bits per heavy atom. The van der Waals surface area contributed by atoms with Crippen molar-refractivity contribution in [3.63, 3.8) is 0 Å².